The molecule has 2 N–H and O–H groups in total. The average molecular weight is 314 g/mol. The highest BCUT2D eigenvalue weighted by atomic mass is 19.4. The summed E-state index contributed by atoms with van der Waals surface area (Å²) in [5, 5.41) is 16.8. The van der Waals surface area contributed by atoms with Gasteiger partial charge in [0.25, 0.3) is 0 Å². The molecule has 3 rings (SSSR count). The topological polar surface area (TPSA) is 58.3 Å². The van der Waals surface area contributed by atoms with Crippen LogP contribution in [0.2, 0.25) is 0 Å². The molecule has 0 spiro atoms. The summed E-state index contributed by atoms with van der Waals surface area (Å²) in [7, 11) is 0. The standard InChI is InChI=1S/C12H14F3NO.C3H3NO/c13-12(14,15)10-3-1-9(2-4-10)11(17)5-7-16-8-6-11;1-2-4-5-3-1/h1-4,16-17H,5-8H2;1-3H. The van der Waals surface area contributed by atoms with Crippen LogP contribution in [0.1, 0.15) is 24.0 Å². The Bertz CT molecular complexity index is 530. The van der Waals surface area contributed by atoms with Gasteiger partial charge in [-0.15, -0.1) is 0 Å². The van der Waals surface area contributed by atoms with Gasteiger partial charge in [0.1, 0.15) is 6.26 Å². The molecule has 7 heteroatoms. The highest BCUT2D eigenvalue weighted by Crippen LogP contribution is 2.34. The molecule has 1 aromatic carbocycles. The van der Waals surface area contributed by atoms with Crippen molar-refractivity contribution in [1.29, 1.82) is 0 Å². The van der Waals surface area contributed by atoms with E-state index in [9.17, 15) is 18.3 Å². The molecule has 0 bridgehead atoms. The summed E-state index contributed by atoms with van der Waals surface area (Å²) in [5.74, 6) is 0. The van der Waals surface area contributed by atoms with E-state index in [1.54, 1.807) is 12.3 Å². The number of benzene rings is 1. The van der Waals surface area contributed by atoms with Gasteiger partial charge >= 0.3 is 6.18 Å². The number of rotatable bonds is 1. The number of nitrogens with one attached hydrogen (secondary N) is 1. The van der Waals surface area contributed by atoms with E-state index in [4.69, 9.17) is 0 Å². The van der Waals surface area contributed by atoms with Crippen molar-refractivity contribution in [2.45, 2.75) is 24.6 Å². The Balaban J connectivity index is 0.000000299. The molecule has 22 heavy (non-hydrogen) atoms. The molecule has 1 saturated heterocycles. The quantitative estimate of drug-likeness (QED) is 0.850. The molecule has 1 fully saturated rings. The number of hydrogen-bond donors (Lipinski definition) is 2. The van der Waals surface area contributed by atoms with Crippen molar-refractivity contribution in [3.05, 3.63) is 53.9 Å². The number of hydrogen-bond acceptors (Lipinski definition) is 4. The van der Waals surface area contributed by atoms with Gasteiger partial charge in [0.15, 0.2) is 0 Å². The zero-order valence-electron chi connectivity index (χ0n) is 11.8. The van der Waals surface area contributed by atoms with E-state index in [0.717, 1.165) is 12.1 Å². The number of aromatic nitrogens is 1. The van der Waals surface area contributed by atoms with Crippen molar-refractivity contribution >= 4 is 0 Å². The Morgan fingerprint density at radius 3 is 2.18 bits per heavy atom. The van der Waals surface area contributed by atoms with Crippen LogP contribution >= 0.6 is 0 Å². The number of halogens is 3. The SMILES string of the molecule is OC1(c2ccc(C(F)(F)F)cc2)CCNCC1.c1cnoc1. The third-order valence-electron chi connectivity index (χ3n) is 3.53. The van der Waals surface area contributed by atoms with Crippen LogP contribution in [-0.4, -0.2) is 23.4 Å². The lowest BCUT2D eigenvalue weighted by Crippen LogP contribution is -2.39. The van der Waals surface area contributed by atoms with E-state index in [1.807, 2.05) is 0 Å². The molecule has 0 radical (unpaired) electrons. The maximum atomic E-state index is 12.4. The van der Waals surface area contributed by atoms with Crippen LogP contribution in [0, 0.1) is 0 Å². The van der Waals surface area contributed by atoms with Gasteiger partial charge in [-0.05, 0) is 49.7 Å². The molecule has 0 atom stereocenters. The van der Waals surface area contributed by atoms with Gasteiger partial charge in [-0.3, -0.25) is 0 Å². The lowest BCUT2D eigenvalue weighted by Gasteiger charge is -2.33. The maximum absolute atomic E-state index is 12.4. The second kappa shape index (κ2) is 6.93. The number of alkyl halides is 3. The van der Waals surface area contributed by atoms with Gasteiger partial charge in [-0.2, -0.15) is 13.2 Å². The number of nitrogens with zero attached hydrogens (tertiary/aromatic N) is 1. The third-order valence-corrected chi connectivity index (χ3v) is 3.53. The normalized spacial score (nSPS) is 17.5. The zero-order chi connectivity index (χ0) is 16.1. The Morgan fingerprint density at radius 2 is 1.77 bits per heavy atom. The van der Waals surface area contributed by atoms with Crippen molar-refractivity contribution in [3.63, 3.8) is 0 Å². The van der Waals surface area contributed by atoms with E-state index in [-0.39, 0.29) is 0 Å². The second-order valence-electron chi connectivity index (χ2n) is 5.05. The van der Waals surface area contributed by atoms with E-state index < -0.39 is 17.3 Å². The summed E-state index contributed by atoms with van der Waals surface area (Å²) in [6.07, 6.45) is -0.175. The van der Waals surface area contributed by atoms with Gasteiger partial charge in [-0.1, -0.05) is 17.3 Å². The van der Waals surface area contributed by atoms with Crippen LogP contribution < -0.4 is 5.32 Å². The lowest BCUT2D eigenvalue weighted by atomic mass is 9.85. The van der Waals surface area contributed by atoms with Gasteiger partial charge in [0.05, 0.1) is 17.4 Å². The Morgan fingerprint density at radius 1 is 1.14 bits per heavy atom. The Labute approximate surface area is 125 Å². The molecular formula is C15H17F3N2O2. The molecule has 0 saturated carbocycles. The first kappa shape index (κ1) is 16.5. The van der Waals surface area contributed by atoms with Gasteiger partial charge in [0.2, 0.25) is 0 Å². The molecule has 4 nitrogen and oxygen atoms in total. The van der Waals surface area contributed by atoms with Crippen molar-refractivity contribution in [2.24, 2.45) is 0 Å². The van der Waals surface area contributed by atoms with Crippen LogP contribution in [-0.2, 0) is 11.8 Å². The van der Waals surface area contributed by atoms with Gasteiger partial charge in [0, 0.05) is 0 Å². The van der Waals surface area contributed by atoms with Crippen molar-refractivity contribution in [3.8, 4) is 0 Å². The molecule has 0 unspecified atom stereocenters. The van der Waals surface area contributed by atoms with Crippen molar-refractivity contribution < 1.29 is 22.8 Å². The highest BCUT2D eigenvalue weighted by molar-refractivity contribution is 5.29. The molecule has 1 aromatic heterocycles. The van der Waals surface area contributed by atoms with Crippen LogP contribution in [0.5, 0.6) is 0 Å². The zero-order valence-corrected chi connectivity index (χ0v) is 11.8. The molecule has 1 aliphatic rings. The molecule has 1 aliphatic heterocycles. The van der Waals surface area contributed by atoms with E-state index in [0.29, 0.717) is 31.5 Å². The predicted octanol–water partition coefficient (Wildman–Crippen LogP) is 2.95. The smallest absolute Gasteiger partial charge is 0.385 e. The highest BCUT2D eigenvalue weighted by Gasteiger charge is 2.33. The minimum absolute atomic E-state index is 0.526. The monoisotopic (exact) mass is 314 g/mol. The predicted molar refractivity (Wildman–Crippen MR) is 73.9 cm³/mol. The first-order valence-electron chi connectivity index (χ1n) is 6.87. The van der Waals surface area contributed by atoms with E-state index in [1.165, 1.54) is 18.4 Å². The molecule has 0 aliphatic carbocycles. The fraction of sp³-hybridized carbons (Fsp3) is 0.400. The summed E-state index contributed by atoms with van der Waals surface area (Å²) >= 11 is 0. The Kier molecular flexibility index (Phi) is 5.20. The van der Waals surface area contributed by atoms with Crippen LogP contribution in [0.4, 0.5) is 13.2 Å². The maximum Gasteiger partial charge on any atom is 0.416 e. The van der Waals surface area contributed by atoms with Gasteiger partial charge < -0.3 is 14.9 Å². The van der Waals surface area contributed by atoms with Crippen LogP contribution in [0.3, 0.4) is 0 Å². The average Bonchev–Trinajstić information content (AvgIpc) is 3.07. The second-order valence-corrected chi connectivity index (χ2v) is 5.05. The molecular weight excluding hydrogens is 297 g/mol. The number of piperidine rings is 1. The van der Waals surface area contributed by atoms with Crippen molar-refractivity contribution in [1.82, 2.24) is 10.5 Å². The summed E-state index contributed by atoms with van der Waals surface area (Å²) < 4.78 is 41.5. The number of aliphatic hydroxyl groups is 1. The largest absolute Gasteiger partial charge is 0.416 e. The third kappa shape index (κ3) is 4.32. The minimum atomic E-state index is -4.32. The first-order chi connectivity index (χ1) is 10.4. The Hall–Kier alpha value is -1.86. The fourth-order valence-electron chi connectivity index (χ4n) is 2.27. The van der Waals surface area contributed by atoms with E-state index >= 15 is 0 Å². The molecule has 2 aromatic rings. The summed E-state index contributed by atoms with van der Waals surface area (Å²) in [4.78, 5) is 0. The van der Waals surface area contributed by atoms with Crippen LogP contribution in [0.25, 0.3) is 0 Å². The first-order valence-corrected chi connectivity index (χ1v) is 6.87. The van der Waals surface area contributed by atoms with Crippen molar-refractivity contribution in [2.75, 3.05) is 13.1 Å². The fourth-order valence-corrected chi connectivity index (χ4v) is 2.27. The van der Waals surface area contributed by atoms with E-state index in [2.05, 4.69) is 15.0 Å². The molecule has 120 valence electrons. The molecule has 0 amide bonds. The van der Waals surface area contributed by atoms with Gasteiger partial charge in [-0.25, -0.2) is 0 Å². The summed E-state index contributed by atoms with van der Waals surface area (Å²) in [5.41, 5.74) is -1.11. The minimum Gasteiger partial charge on any atom is -0.385 e. The summed E-state index contributed by atoms with van der Waals surface area (Å²) in [6, 6.07) is 6.51. The lowest BCUT2D eigenvalue weighted by molar-refractivity contribution is -0.137. The van der Waals surface area contributed by atoms with Crippen LogP contribution in [0.15, 0.2) is 47.3 Å². The summed E-state index contributed by atoms with van der Waals surface area (Å²) in [6.45, 7) is 1.36. The molecule has 2 heterocycles.